The first kappa shape index (κ1) is 26.9. The molecule has 190 valence electrons. The molecule has 0 amide bonds. The average molecular weight is 491 g/mol. The van der Waals surface area contributed by atoms with Crippen molar-refractivity contribution in [2.45, 2.75) is 53.2 Å². The van der Waals surface area contributed by atoms with Gasteiger partial charge in [-0.05, 0) is 48.0 Å². The lowest BCUT2D eigenvalue weighted by Crippen LogP contribution is -2.40. The molecule has 0 heterocycles. The van der Waals surface area contributed by atoms with Gasteiger partial charge >= 0.3 is 17.9 Å². The van der Waals surface area contributed by atoms with E-state index in [9.17, 15) is 14.4 Å². The maximum Gasteiger partial charge on any atom is 0.324 e. The zero-order valence-corrected chi connectivity index (χ0v) is 21.3. The summed E-state index contributed by atoms with van der Waals surface area (Å²) < 4.78 is 16.4. The van der Waals surface area contributed by atoms with E-state index in [1.807, 2.05) is 74.5 Å². The van der Waals surface area contributed by atoms with E-state index < -0.39 is 17.4 Å². The Morgan fingerprint density at radius 3 is 1.83 bits per heavy atom. The van der Waals surface area contributed by atoms with Crippen molar-refractivity contribution in [2.75, 3.05) is 6.61 Å². The van der Waals surface area contributed by atoms with Crippen molar-refractivity contribution in [3.63, 3.8) is 0 Å². The molecule has 0 radical (unpaired) electrons. The Morgan fingerprint density at radius 1 is 0.861 bits per heavy atom. The lowest BCUT2D eigenvalue weighted by Gasteiger charge is -2.25. The van der Waals surface area contributed by atoms with Crippen molar-refractivity contribution in [1.82, 2.24) is 0 Å². The normalized spacial score (nSPS) is 17.7. The predicted octanol–water partition coefficient (Wildman–Crippen LogP) is 5.72. The molecule has 0 spiro atoms. The smallest absolute Gasteiger partial charge is 0.324 e. The van der Waals surface area contributed by atoms with E-state index in [0.717, 1.165) is 27.8 Å². The van der Waals surface area contributed by atoms with E-state index in [2.05, 4.69) is 6.58 Å². The van der Waals surface area contributed by atoms with Crippen LogP contribution in [0.4, 0.5) is 0 Å². The van der Waals surface area contributed by atoms with Gasteiger partial charge in [0.15, 0.2) is 5.41 Å². The van der Waals surface area contributed by atoms with Gasteiger partial charge in [-0.1, -0.05) is 79.7 Å². The number of carbonyl (C=O) groups is 3. The number of hydrogen-bond donors (Lipinski definition) is 0. The Hall–Kier alpha value is -3.67. The molecule has 0 aliphatic heterocycles. The third-order valence-corrected chi connectivity index (χ3v) is 6.67. The molecule has 1 aliphatic rings. The second-order valence-electron chi connectivity index (χ2n) is 9.33. The fraction of sp³-hybridized carbons (Fsp3) is 0.367. The van der Waals surface area contributed by atoms with Crippen LogP contribution in [0.25, 0.3) is 0 Å². The van der Waals surface area contributed by atoms with Crippen LogP contribution in [0.2, 0.25) is 0 Å². The van der Waals surface area contributed by atoms with Crippen molar-refractivity contribution >= 4 is 17.9 Å². The van der Waals surface area contributed by atoms with Crippen molar-refractivity contribution in [3.8, 4) is 0 Å². The summed E-state index contributed by atoms with van der Waals surface area (Å²) in [7, 11) is 0. The molecule has 0 bridgehead atoms. The monoisotopic (exact) mass is 490 g/mol. The summed E-state index contributed by atoms with van der Waals surface area (Å²) >= 11 is 0. The van der Waals surface area contributed by atoms with Crippen molar-refractivity contribution in [2.24, 2.45) is 11.3 Å². The molecule has 6 heteroatoms. The van der Waals surface area contributed by atoms with Gasteiger partial charge in [-0.25, -0.2) is 0 Å². The van der Waals surface area contributed by atoms with E-state index in [-0.39, 0.29) is 44.5 Å². The summed E-state index contributed by atoms with van der Waals surface area (Å²) in [6.07, 6.45) is 0.970. The lowest BCUT2D eigenvalue weighted by molar-refractivity contribution is -0.174. The second-order valence-corrected chi connectivity index (χ2v) is 9.33. The molecule has 0 saturated heterocycles. The van der Waals surface area contributed by atoms with E-state index in [4.69, 9.17) is 14.2 Å². The minimum absolute atomic E-state index is 0.0518. The van der Waals surface area contributed by atoms with Gasteiger partial charge in [0.2, 0.25) is 0 Å². The summed E-state index contributed by atoms with van der Waals surface area (Å²) in [6, 6.07) is 18.7. The van der Waals surface area contributed by atoms with Gasteiger partial charge in [0.05, 0.1) is 6.61 Å². The molecule has 3 rings (SSSR count). The highest BCUT2D eigenvalue weighted by molar-refractivity contribution is 6.01. The average Bonchev–Trinajstić information content (AvgIpc) is 3.24. The van der Waals surface area contributed by atoms with Crippen LogP contribution in [0.5, 0.6) is 0 Å². The summed E-state index contributed by atoms with van der Waals surface area (Å²) in [5, 5.41) is 0. The van der Waals surface area contributed by atoms with Crippen molar-refractivity contribution in [1.29, 1.82) is 0 Å². The minimum atomic E-state index is -1.43. The van der Waals surface area contributed by atoms with Crippen LogP contribution >= 0.6 is 0 Å². The Kier molecular flexibility index (Phi) is 9.23. The molecule has 1 fully saturated rings. The third-order valence-electron chi connectivity index (χ3n) is 6.67. The highest BCUT2D eigenvalue weighted by atomic mass is 16.6. The van der Waals surface area contributed by atoms with E-state index in [1.54, 1.807) is 0 Å². The molecule has 2 aromatic carbocycles. The molecular formula is C30H34O6. The largest absolute Gasteiger partial charge is 0.466 e. The maximum absolute atomic E-state index is 13.5. The SMILES string of the molecule is C=C(CCOC(C)=O)/C(C)=C1/CC(C(=O)OCc2ccccc2)(C(=O)OCc2ccccc2)CC1C. The van der Waals surface area contributed by atoms with Gasteiger partial charge in [0, 0.05) is 13.3 Å². The Labute approximate surface area is 212 Å². The third kappa shape index (κ3) is 6.72. The van der Waals surface area contributed by atoms with Crippen LogP contribution in [0, 0.1) is 11.3 Å². The summed E-state index contributed by atoms with van der Waals surface area (Å²) in [5.41, 5.74) is 2.95. The molecule has 0 N–H and O–H groups in total. The molecule has 2 aromatic rings. The first-order chi connectivity index (χ1) is 17.2. The maximum atomic E-state index is 13.5. The first-order valence-corrected chi connectivity index (χ1v) is 12.2. The van der Waals surface area contributed by atoms with Crippen LogP contribution in [0.15, 0.2) is 84.0 Å². The summed E-state index contributed by atoms with van der Waals surface area (Å²) in [4.78, 5) is 38.1. The molecule has 36 heavy (non-hydrogen) atoms. The number of carbonyl (C=O) groups excluding carboxylic acids is 3. The molecule has 0 aromatic heterocycles. The summed E-state index contributed by atoms with van der Waals surface area (Å²) in [5.74, 6) is -1.55. The quantitative estimate of drug-likeness (QED) is 0.241. The number of hydrogen-bond acceptors (Lipinski definition) is 6. The van der Waals surface area contributed by atoms with Crippen LogP contribution in [-0.2, 0) is 41.8 Å². The number of esters is 3. The first-order valence-electron chi connectivity index (χ1n) is 12.2. The molecule has 6 nitrogen and oxygen atoms in total. The van der Waals surface area contributed by atoms with E-state index in [1.165, 1.54) is 6.92 Å². The highest BCUT2D eigenvalue weighted by Crippen LogP contribution is 2.49. The standard InChI is InChI=1S/C30H34O6/c1-21(15-16-34-24(4)31)23(3)27-18-30(17-22(27)2,28(32)35-19-25-11-7-5-8-12-25)29(33)36-20-26-13-9-6-10-14-26/h5-14,22H,1,15-20H2,2-4H3/b27-23-. The molecule has 1 atom stereocenters. The Balaban J connectivity index is 1.82. The van der Waals surface area contributed by atoms with E-state index >= 15 is 0 Å². The number of rotatable bonds is 10. The van der Waals surface area contributed by atoms with Gasteiger partial charge < -0.3 is 14.2 Å². The van der Waals surface area contributed by atoms with Crippen molar-refractivity contribution < 1.29 is 28.6 Å². The van der Waals surface area contributed by atoms with Gasteiger partial charge in [-0.2, -0.15) is 0 Å². The van der Waals surface area contributed by atoms with Crippen LogP contribution in [-0.4, -0.2) is 24.5 Å². The number of benzene rings is 2. The summed E-state index contributed by atoms with van der Waals surface area (Å²) in [6.45, 7) is 9.82. The Morgan fingerprint density at radius 2 is 1.36 bits per heavy atom. The van der Waals surface area contributed by atoms with Gasteiger partial charge in [-0.3, -0.25) is 14.4 Å². The van der Waals surface area contributed by atoms with Gasteiger partial charge in [0.25, 0.3) is 0 Å². The fourth-order valence-corrected chi connectivity index (χ4v) is 4.57. The van der Waals surface area contributed by atoms with Crippen LogP contribution in [0.1, 0.15) is 51.2 Å². The van der Waals surface area contributed by atoms with Crippen molar-refractivity contribution in [3.05, 3.63) is 95.1 Å². The van der Waals surface area contributed by atoms with Crippen LogP contribution in [0.3, 0.4) is 0 Å². The topological polar surface area (TPSA) is 78.9 Å². The Bertz CT molecular complexity index is 1060. The van der Waals surface area contributed by atoms with Gasteiger partial charge in [-0.15, -0.1) is 0 Å². The molecule has 1 saturated carbocycles. The molecule has 1 aliphatic carbocycles. The molecule has 1 unspecified atom stereocenters. The lowest BCUT2D eigenvalue weighted by atomic mass is 9.85. The molecular weight excluding hydrogens is 456 g/mol. The predicted molar refractivity (Wildman–Crippen MR) is 136 cm³/mol. The zero-order chi connectivity index (χ0) is 26.1. The van der Waals surface area contributed by atoms with Gasteiger partial charge in [0.1, 0.15) is 13.2 Å². The zero-order valence-electron chi connectivity index (χ0n) is 21.3. The fourth-order valence-electron chi connectivity index (χ4n) is 4.57. The van der Waals surface area contributed by atoms with E-state index in [0.29, 0.717) is 6.42 Å². The number of ether oxygens (including phenoxy) is 3. The number of allylic oxidation sites excluding steroid dienone is 2. The second kappa shape index (κ2) is 12.3. The van der Waals surface area contributed by atoms with Crippen LogP contribution < -0.4 is 0 Å². The minimum Gasteiger partial charge on any atom is -0.466 e. The highest BCUT2D eigenvalue weighted by Gasteiger charge is 2.55.